The largest absolute Gasteiger partial charge is 0.488 e. The molecule has 0 spiro atoms. The van der Waals surface area contributed by atoms with Crippen LogP contribution in [0, 0.1) is 6.92 Å². The Labute approximate surface area is 346 Å². The van der Waals surface area contributed by atoms with Gasteiger partial charge in [0.1, 0.15) is 22.7 Å². The summed E-state index contributed by atoms with van der Waals surface area (Å²) in [6.07, 6.45) is 0.688. The van der Waals surface area contributed by atoms with Gasteiger partial charge >= 0.3 is 0 Å². The molecule has 2 amide bonds. The zero-order valence-electron chi connectivity index (χ0n) is 35.5. The molecule has 0 saturated carbocycles. The van der Waals surface area contributed by atoms with Crippen LogP contribution in [0.5, 0.6) is 11.5 Å². The molecular weight excluding hydrogens is 727 g/mol. The summed E-state index contributed by atoms with van der Waals surface area (Å²) < 4.78 is 13.0. The van der Waals surface area contributed by atoms with Crippen LogP contribution in [0.2, 0.25) is 0 Å². The van der Waals surface area contributed by atoms with Crippen molar-refractivity contribution in [3.05, 3.63) is 149 Å². The molecule has 1 aliphatic heterocycles. The number of benzene rings is 8. The van der Waals surface area contributed by atoms with Crippen molar-refractivity contribution in [2.45, 2.75) is 91.8 Å². The SMILES string of the molecule is Cc1ccc(OC(C)(C)CC(C)(C)Oc2ccc(-c3ccc4c5ccc6c7c(ccc(c8cccc3c84)c75)C(=O)N(c3c(C(C)C)cccc3C(C)C)C6=O)cc2)cc1. The number of carbonyl (C=O) groups is 2. The fourth-order valence-corrected chi connectivity index (χ4v) is 9.76. The summed E-state index contributed by atoms with van der Waals surface area (Å²) in [7, 11) is 0. The van der Waals surface area contributed by atoms with Crippen LogP contribution in [0.4, 0.5) is 5.69 Å². The Hall–Kier alpha value is -6.20. The molecule has 296 valence electrons. The monoisotopic (exact) mass is 777 g/mol. The second-order valence-corrected chi connectivity index (χ2v) is 18.2. The molecule has 9 rings (SSSR count). The number of nitrogens with zero attached hydrogens (tertiary/aromatic N) is 1. The van der Waals surface area contributed by atoms with Crippen LogP contribution in [0.25, 0.3) is 54.2 Å². The fraction of sp³-hybridized carbons (Fsp3) is 0.259. The molecule has 8 aromatic rings. The summed E-state index contributed by atoms with van der Waals surface area (Å²) in [5, 5.41) is 8.30. The van der Waals surface area contributed by atoms with Gasteiger partial charge in [0, 0.05) is 22.9 Å². The third kappa shape index (κ3) is 6.48. The van der Waals surface area contributed by atoms with Crippen molar-refractivity contribution >= 4 is 60.6 Å². The Balaban J connectivity index is 1.08. The van der Waals surface area contributed by atoms with E-state index in [1.165, 1.54) is 15.8 Å². The molecule has 0 saturated heterocycles. The van der Waals surface area contributed by atoms with Crippen LogP contribution in [0.1, 0.15) is 111 Å². The third-order valence-corrected chi connectivity index (χ3v) is 12.0. The first-order valence-electron chi connectivity index (χ1n) is 20.9. The number of carbonyl (C=O) groups excluding carboxylic acids is 2. The number of hydrogen-bond acceptors (Lipinski definition) is 4. The molecular formula is C54H51NO4. The maximum absolute atomic E-state index is 14.7. The second-order valence-electron chi connectivity index (χ2n) is 18.2. The summed E-state index contributed by atoms with van der Waals surface area (Å²) in [5.74, 6) is 1.39. The van der Waals surface area contributed by atoms with E-state index in [4.69, 9.17) is 9.47 Å². The highest BCUT2D eigenvalue weighted by Gasteiger charge is 2.38. The first-order valence-corrected chi connectivity index (χ1v) is 20.9. The molecule has 0 aromatic heterocycles. The van der Waals surface area contributed by atoms with Crippen molar-refractivity contribution < 1.29 is 19.1 Å². The summed E-state index contributed by atoms with van der Waals surface area (Å²) in [6.45, 7) is 19.0. The van der Waals surface area contributed by atoms with Gasteiger partial charge in [0.05, 0.1) is 5.69 Å². The Bertz CT molecular complexity index is 2860. The van der Waals surface area contributed by atoms with Gasteiger partial charge in [-0.1, -0.05) is 118 Å². The lowest BCUT2D eigenvalue weighted by molar-refractivity contribution is 0.00503. The van der Waals surface area contributed by atoms with Gasteiger partial charge in [-0.25, -0.2) is 4.90 Å². The van der Waals surface area contributed by atoms with E-state index in [1.54, 1.807) is 0 Å². The van der Waals surface area contributed by atoms with Crippen LogP contribution in [-0.4, -0.2) is 23.0 Å². The third-order valence-electron chi connectivity index (χ3n) is 12.0. The molecule has 0 fully saturated rings. The van der Waals surface area contributed by atoms with Gasteiger partial charge in [-0.3, -0.25) is 9.59 Å². The molecule has 0 aliphatic carbocycles. The Kier molecular flexibility index (Phi) is 9.08. The molecule has 1 heterocycles. The molecule has 0 atom stereocenters. The molecule has 59 heavy (non-hydrogen) atoms. The van der Waals surface area contributed by atoms with E-state index in [1.807, 2.05) is 42.5 Å². The minimum atomic E-state index is -0.478. The summed E-state index contributed by atoms with van der Waals surface area (Å²) in [6, 6.07) is 41.6. The Morgan fingerprint density at radius 2 is 0.932 bits per heavy atom. The predicted octanol–water partition coefficient (Wildman–Crippen LogP) is 14.2. The molecule has 0 unspecified atom stereocenters. The van der Waals surface area contributed by atoms with E-state index in [9.17, 15) is 9.59 Å². The lowest BCUT2D eigenvalue weighted by atomic mass is 9.83. The first kappa shape index (κ1) is 38.3. The van der Waals surface area contributed by atoms with Gasteiger partial charge in [-0.15, -0.1) is 0 Å². The molecule has 1 aliphatic rings. The number of para-hydroxylation sites is 1. The number of aryl methyl sites for hydroxylation is 1. The standard InChI is InChI=1S/C54H51NO4/c1-31(2)37-12-10-13-38(32(3)4)50(37)55-51(56)45-28-26-43-41-15-11-14-40-39(24-25-42(47(40)41)44-27-29-46(52(55)57)49(45)48(43)44)34-18-22-36(23-19-34)59-54(8,9)30-53(6,7)58-35-20-16-33(5)17-21-35/h10-29,31-32H,30H2,1-9H3. The average Bonchev–Trinajstić information content (AvgIpc) is 3.19. The minimum Gasteiger partial charge on any atom is -0.488 e. The van der Waals surface area contributed by atoms with Gasteiger partial charge in [0.15, 0.2) is 0 Å². The molecule has 8 aromatic carbocycles. The first-order chi connectivity index (χ1) is 28.1. The van der Waals surface area contributed by atoms with Gasteiger partial charge in [-0.05, 0) is 143 Å². The lowest BCUT2D eigenvalue weighted by Gasteiger charge is -2.35. The number of fused-ring (bicyclic) bond motifs is 2. The van der Waals surface area contributed by atoms with Gasteiger partial charge in [0.25, 0.3) is 11.8 Å². The number of anilines is 1. The highest BCUT2D eigenvalue weighted by molar-refractivity contribution is 6.42. The zero-order chi connectivity index (χ0) is 41.5. The topological polar surface area (TPSA) is 55.8 Å². The zero-order valence-corrected chi connectivity index (χ0v) is 35.5. The van der Waals surface area contributed by atoms with Crippen molar-refractivity contribution in [2.75, 3.05) is 4.90 Å². The number of ether oxygens (including phenoxy) is 2. The Morgan fingerprint density at radius 1 is 0.492 bits per heavy atom. The van der Waals surface area contributed by atoms with E-state index in [-0.39, 0.29) is 23.7 Å². The number of imide groups is 1. The normalized spacial score (nSPS) is 13.6. The van der Waals surface area contributed by atoms with Crippen molar-refractivity contribution in [3.63, 3.8) is 0 Å². The fourth-order valence-electron chi connectivity index (χ4n) is 9.76. The Morgan fingerprint density at radius 3 is 1.46 bits per heavy atom. The minimum absolute atomic E-state index is 0.134. The van der Waals surface area contributed by atoms with E-state index in [2.05, 4.69) is 141 Å². The summed E-state index contributed by atoms with van der Waals surface area (Å²) in [5.41, 5.74) is 6.36. The van der Waals surface area contributed by atoms with Crippen molar-refractivity contribution in [1.29, 1.82) is 0 Å². The van der Waals surface area contributed by atoms with Crippen molar-refractivity contribution in [2.24, 2.45) is 0 Å². The number of rotatable bonds is 10. The quantitative estimate of drug-likeness (QED) is 0.0788. The highest BCUT2D eigenvalue weighted by atomic mass is 16.5. The molecule has 5 heteroatoms. The van der Waals surface area contributed by atoms with E-state index in [0.717, 1.165) is 77.1 Å². The van der Waals surface area contributed by atoms with Gasteiger partial charge in [0.2, 0.25) is 0 Å². The molecule has 0 bridgehead atoms. The van der Waals surface area contributed by atoms with Crippen LogP contribution in [0.15, 0.2) is 121 Å². The van der Waals surface area contributed by atoms with Gasteiger partial charge in [-0.2, -0.15) is 0 Å². The number of amides is 2. The van der Waals surface area contributed by atoms with Crippen LogP contribution >= 0.6 is 0 Å². The average molecular weight is 778 g/mol. The van der Waals surface area contributed by atoms with Crippen molar-refractivity contribution in [3.8, 4) is 22.6 Å². The summed E-state index contributed by atoms with van der Waals surface area (Å²) >= 11 is 0. The number of hydrogen-bond donors (Lipinski definition) is 0. The van der Waals surface area contributed by atoms with E-state index >= 15 is 0 Å². The van der Waals surface area contributed by atoms with Crippen LogP contribution in [-0.2, 0) is 0 Å². The van der Waals surface area contributed by atoms with E-state index in [0.29, 0.717) is 17.5 Å². The maximum atomic E-state index is 14.7. The smallest absolute Gasteiger partial charge is 0.266 e. The van der Waals surface area contributed by atoms with E-state index < -0.39 is 11.2 Å². The van der Waals surface area contributed by atoms with Crippen LogP contribution in [0.3, 0.4) is 0 Å². The predicted molar refractivity (Wildman–Crippen MR) is 244 cm³/mol. The highest BCUT2D eigenvalue weighted by Crippen LogP contribution is 2.47. The summed E-state index contributed by atoms with van der Waals surface area (Å²) in [4.78, 5) is 30.8. The molecule has 0 N–H and O–H groups in total. The second kappa shape index (κ2) is 14.0. The lowest BCUT2D eigenvalue weighted by Crippen LogP contribution is -2.41. The maximum Gasteiger partial charge on any atom is 0.266 e. The van der Waals surface area contributed by atoms with Crippen molar-refractivity contribution in [1.82, 2.24) is 0 Å². The molecule has 0 radical (unpaired) electrons. The van der Waals surface area contributed by atoms with Crippen LogP contribution < -0.4 is 14.4 Å². The molecule has 5 nitrogen and oxygen atoms in total. The van der Waals surface area contributed by atoms with Gasteiger partial charge < -0.3 is 9.47 Å².